The minimum absolute atomic E-state index is 0.0135. The van der Waals surface area contributed by atoms with Gasteiger partial charge in [0.1, 0.15) is 18.2 Å². The van der Waals surface area contributed by atoms with Crippen molar-refractivity contribution < 1.29 is 22.4 Å². The molecular formula is C19H15F4N3O. The van der Waals surface area contributed by atoms with Gasteiger partial charge in [-0.2, -0.15) is 13.2 Å². The summed E-state index contributed by atoms with van der Waals surface area (Å²) >= 11 is 0. The zero-order chi connectivity index (χ0) is 19.4. The van der Waals surface area contributed by atoms with Crippen LogP contribution in [0.25, 0.3) is 5.69 Å². The summed E-state index contributed by atoms with van der Waals surface area (Å²) in [6, 6.07) is 11.8. The molecule has 0 unspecified atom stereocenters. The van der Waals surface area contributed by atoms with E-state index in [1.165, 1.54) is 29.1 Å². The van der Waals surface area contributed by atoms with E-state index in [4.69, 9.17) is 0 Å². The zero-order valence-electron chi connectivity index (χ0n) is 14.1. The van der Waals surface area contributed by atoms with Crippen LogP contribution in [0.4, 0.5) is 17.6 Å². The monoisotopic (exact) mass is 377 g/mol. The Morgan fingerprint density at radius 3 is 2.33 bits per heavy atom. The number of carbonyl (C=O) groups is 1. The average Bonchev–Trinajstić information content (AvgIpc) is 3.11. The fraction of sp³-hybridized carbons (Fsp3) is 0.211. The Balaban J connectivity index is 1.68. The van der Waals surface area contributed by atoms with Gasteiger partial charge in [-0.3, -0.25) is 4.79 Å². The van der Waals surface area contributed by atoms with E-state index >= 15 is 0 Å². The number of nitrogens with zero attached hydrogens (tertiary/aromatic N) is 3. The summed E-state index contributed by atoms with van der Waals surface area (Å²) in [7, 11) is 0. The molecule has 0 amide bonds. The fourth-order valence-electron chi connectivity index (χ4n) is 2.71. The van der Waals surface area contributed by atoms with Crippen molar-refractivity contribution in [3.8, 4) is 5.69 Å². The summed E-state index contributed by atoms with van der Waals surface area (Å²) in [6.45, 7) is -0.716. The van der Waals surface area contributed by atoms with Crippen molar-refractivity contribution in [2.75, 3.05) is 0 Å². The third kappa shape index (κ3) is 4.58. The van der Waals surface area contributed by atoms with Gasteiger partial charge >= 0.3 is 6.18 Å². The highest BCUT2D eigenvalue weighted by molar-refractivity contribution is 5.83. The summed E-state index contributed by atoms with van der Waals surface area (Å²) < 4.78 is 53.0. The van der Waals surface area contributed by atoms with Crippen LogP contribution >= 0.6 is 0 Å². The summed E-state index contributed by atoms with van der Waals surface area (Å²) in [4.78, 5) is 12.2. The summed E-state index contributed by atoms with van der Waals surface area (Å²) in [5.74, 6) is -0.320. The number of hydrogen-bond donors (Lipinski definition) is 0. The number of hydrogen-bond acceptors (Lipinski definition) is 3. The maximum atomic E-state index is 13.0. The van der Waals surface area contributed by atoms with Gasteiger partial charge in [0.05, 0.1) is 17.4 Å². The molecule has 0 bridgehead atoms. The normalized spacial score (nSPS) is 11.6. The maximum absolute atomic E-state index is 13.0. The van der Waals surface area contributed by atoms with Crippen molar-refractivity contribution in [2.24, 2.45) is 0 Å². The number of halogens is 4. The van der Waals surface area contributed by atoms with Gasteiger partial charge in [0, 0.05) is 12.8 Å². The standard InChI is InChI=1S/C19H15F4N3O/c20-11-15-12-26(25-24-15)16-7-5-13(6-8-16)9-17(27)10-14-3-1-2-4-18(14)19(21,22)23/h1-8,12H,9-11H2. The van der Waals surface area contributed by atoms with Crippen molar-refractivity contribution >= 4 is 5.78 Å². The predicted molar refractivity (Wildman–Crippen MR) is 90.0 cm³/mol. The average molecular weight is 377 g/mol. The lowest BCUT2D eigenvalue weighted by Gasteiger charge is -2.12. The van der Waals surface area contributed by atoms with E-state index in [2.05, 4.69) is 10.3 Å². The van der Waals surface area contributed by atoms with Crippen molar-refractivity contribution in [3.05, 3.63) is 77.1 Å². The van der Waals surface area contributed by atoms with E-state index < -0.39 is 18.4 Å². The van der Waals surface area contributed by atoms with E-state index in [9.17, 15) is 22.4 Å². The first-order valence-electron chi connectivity index (χ1n) is 8.10. The van der Waals surface area contributed by atoms with Gasteiger partial charge in [0.25, 0.3) is 0 Å². The Bertz CT molecular complexity index is 933. The number of aromatic nitrogens is 3. The molecule has 3 aromatic rings. The van der Waals surface area contributed by atoms with Gasteiger partial charge in [-0.15, -0.1) is 5.10 Å². The molecule has 0 saturated heterocycles. The van der Waals surface area contributed by atoms with Gasteiger partial charge in [-0.05, 0) is 29.3 Å². The van der Waals surface area contributed by atoms with Crippen LogP contribution in [0.5, 0.6) is 0 Å². The molecule has 1 heterocycles. The predicted octanol–water partition coefficient (Wildman–Crippen LogP) is 4.11. The first-order valence-corrected chi connectivity index (χ1v) is 8.10. The molecule has 0 spiro atoms. The Morgan fingerprint density at radius 1 is 1.00 bits per heavy atom. The molecule has 1 aromatic heterocycles. The Labute approximate surface area is 152 Å². The molecule has 0 aliphatic heterocycles. The van der Waals surface area contributed by atoms with E-state index in [1.807, 2.05) is 0 Å². The number of carbonyl (C=O) groups excluding carboxylic acids is 1. The van der Waals surface area contributed by atoms with Gasteiger partial charge in [0.2, 0.25) is 0 Å². The van der Waals surface area contributed by atoms with Crippen LogP contribution < -0.4 is 0 Å². The summed E-state index contributed by atoms with van der Waals surface area (Å²) in [6.07, 6.45) is -3.32. The number of alkyl halides is 4. The van der Waals surface area contributed by atoms with Crippen molar-refractivity contribution in [1.82, 2.24) is 15.0 Å². The van der Waals surface area contributed by atoms with Gasteiger partial charge in [-0.25, -0.2) is 9.07 Å². The van der Waals surface area contributed by atoms with Crippen LogP contribution in [0.15, 0.2) is 54.7 Å². The molecular weight excluding hydrogens is 362 g/mol. The second kappa shape index (κ2) is 7.69. The summed E-state index contributed by atoms with van der Waals surface area (Å²) in [5.41, 5.74) is 0.689. The van der Waals surface area contributed by atoms with E-state index in [-0.39, 0.29) is 29.9 Å². The lowest BCUT2D eigenvalue weighted by molar-refractivity contribution is -0.138. The third-order valence-electron chi connectivity index (χ3n) is 3.99. The Hall–Kier alpha value is -3.03. The molecule has 0 radical (unpaired) electrons. The molecule has 2 aromatic carbocycles. The van der Waals surface area contributed by atoms with Crippen LogP contribution in [-0.2, 0) is 30.5 Å². The minimum Gasteiger partial charge on any atom is -0.299 e. The van der Waals surface area contributed by atoms with Gasteiger partial charge in [-0.1, -0.05) is 35.5 Å². The molecule has 0 aliphatic rings. The first kappa shape index (κ1) is 18.8. The van der Waals surface area contributed by atoms with Crippen LogP contribution in [0.3, 0.4) is 0 Å². The molecule has 0 N–H and O–H groups in total. The first-order chi connectivity index (χ1) is 12.9. The lowest BCUT2D eigenvalue weighted by Crippen LogP contribution is -2.13. The molecule has 0 aliphatic carbocycles. The van der Waals surface area contributed by atoms with Crippen LogP contribution in [0.2, 0.25) is 0 Å². The highest BCUT2D eigenvalue weighted by Crippen LogP contribution is 2.32. The number of benzene rings is 2. The van der Waals surface area contributed by atoms with Crippen molar-refractivity contribution in [2.45, 2.75) is 25.7 Å². The third-order valence-corrected chi connectivity index (χ3v) is 3.99. The molecule has 140 valence electrons. The minimum atomic E-state index is -4.49. The Morgan fingerprint density at radius 2 is 1.70 bits per heavy atom. The number of ketones is 1. The van der Waals surface area contributed by atoms with Crippen molar-refractivity contribution in [1.29, 1.82) is 0 Å². The molecule has 8 heteroatoms. The molecule has 3 rings (SSSR count). The molecule has 0 saturated carbocycles. The van der Waals surface area contributed by atoms with Crippen LogP contribution in [-0.4, -0.2) is 20.8 Å². The SMILES string of the molecule is O=C(Cc1ccc(-n2cc(CF)nn2)cc1)Cc1ccccc1C(F)(F)F. The number of rotatable bonds is 6. The zero-order valence-corrected chi connectivity index (χ0v) is 14.1. The molecule has 0 fully saturated rings. The second-order valence-corrected chi connectivity index (χ2v) is 6.00. The molecule has 0 atom stereocenters. The Kier molecular flexibility index (Phi) is 5.34. The second-order valence-electron chi connectivity index (χ2n) is 6.00. The van der Waals surface area contributed by atoms with Gasteiger partial charge < -0.3 is 0 Å². The maximum Gasteiger partial charge on any atom is 0.416 e. The van der Waals surface area contributed by atoms with E-state index in [1.54, 1.807) is 24.3 Å². The number of Topliss-reactive ketones (excluding diaryl/α,β-unsaturated/α-hetero) is 1. The van der Waals surface area contributed by atoms with Crippen molar-refractivity contribution in [3.63, 3.8) is 0 Å². The highest BCUT2D eigenvalue weighted by atomic mass is 19.4. The largest absolute Gasteiger partial charge is 0.416 e. The smallest absolute Gasteiger partial charge is 0.299 e. The molecule has 27 heavy (non-hydrogen) atoms. The van der Waals surface area contributed by atoms with E-state index in [0.29, 0.717) is 11.3 Å². The molecule has 4 nitrogen and oxygen atoms in total. The topological polar surface area (TPSA) is 47.8 Å². The highest BCUT2D eigenvalue weighted by Gasteiger charge is 2.33. The van der Waals surface area contributed by atoms with E-state index in [0.717, 1.165) is 6.07 Å². The van der Waals surface area contributed by atoms with Crippen LogP contribution in [0.1, 0.15) is 22.4 Å². The quantitative estimate of drug-likeness (QED) is 0.608. The summed E-state index contributed by atoms with van der Waals surface area (Å²) in [5, 5.41) is 7.44. The van der Waals surface area contributed by atoms with Crippen LogP contribution in [0, 0.1) is 0 Å². The van der Waals surface area contributed by atoms with Gasteiger partial charge in [0.15, 0.2) is 0 Å². The fourth-order valence-corrected chi connectivity index (χ4v) is 2.71. The lowest BCUT2D eigenvalue weighted by atomic mass is 9.98.